The molecular formula is C16H18BrN3O4. The van der Waals surface area contributed by atoms with Crippen molar-refractivity contribution in [3.8, 4) is 5.75 Å². The summed E-state index contributed by atoms with van der Waals surface area (Å²) in [7, 11) is 0. The second-order valence-electron chi connectivity index (χ2n) is 6.69. The molecule has 8 heteroatoms. The van der Waals surface area contributed by atoms with E-state index in [0.29, 0.717) is 5.92 Å². The number of nitrogens with one attached hydrogen (secondary N) is 1. The number of benzene rings is 1. The van der Waals surface area contributed by atoms with Crippen molar-refractivity contribution in [2.24, 2.45) is 22.4 Å². The number of hydrogen-bond acceptors (Lipinski definition) is 5. The van der Waals surface area contributed by atoms with Crippen LogP contribution in [-0.4, -0.2) is 22.2 Å². The predicted molar refractivity (Wildman–Crippen MR) is 91.8 cm³/mol. The summed E-state index contributed by atoms with van der Waals surface area (Å²) in [6, 6.07) is 2.41. The molecule has 7 nitrogen and oxygen atoms in total. The Kier molecular flexibility index (Phi) is 4.33. The van der Waals surface area contributed by atoms with E-state index in [1.165, 1.54) is 24.8 Å². The molecular weight excluding hydrogens is 378 g/mol. The van der Waals surface area contributed by atoms with Crippen LogP contribution in [0.1, 0.15) is 38.2 Å². The van der Waals surface area contributed by atoms with Gasteiger partial charge in [0.2, 0.25) is 5.91 Å². The molecule has 0 aromatic heterocycles. The number of carbonyl (C=O) groups excluding carboxylic acids is 1. The number of phenols is 1. The number of hydrazone groups is 1. The summed E-state index contributed by atoms with van der Waals surface area (Å²) in [4.78, 5) is 22.6. The quantitative estimate of drug-likeness (QED) is 0.463. The molecule has 3 rings (SSSR count). The molecule has 0 spiro atoms. The van der Waals surface area contributed by atoms with Crippen molar-refractivity contribution >= 4 is 33.7 Å². The molecule has 1 amide bonds. The van der Waals surface area contributed by atoms with Crippen molar-refractivity contribution in [1.29, 1.82) is 0 Å². The fourth-order valence-corrected chi connectivity index (χ4v) is 4.36. The maximum atomic E-state index is 12.3. The van der Waals surface area contributed by atoms with Crippen molar-refractivity contribution in [2.75, 3.05) is 0 Å². The Morgan fingerprint density at radius 2 is 2.29 bits per heavy atom. The number of rotatable bonds is 4. The summed E-state index contributed by atoms with van der Waals surface area (Å²) >= 11 is 3.06. The molecule has 24 heavy (non-hydrogen) atoms. The molecule has 3 atom stereocenters. The SMILES string of the molecule is C[C@]12CCCC[C@@H]1[C@@H]2C(=O)N/N=C\c1cc([N+](=O)[O-])cc(Br)c1O. The Morgan fingerprint density at radius 3 is 2.92 bits per heavy atom. The molecule has 2 saturated carbocycles. The molecule has 0 unspecified atom stereocenters. The van der Waals surface area contributed by atoms with Gasteiger partial charge in [-0.2, -0.15) is 5.10 Å². The van der Waals surface area contributed by atoms with E-state index in [0.717, 1.165) is 19.3 Å². The highest BCUT2D eigenvalue weighted by Gasteiger charge is 2.64. The number of phenolic OH excluding ortho intramolecular Hbond substituents is 1. The average Bonchev–Trinajstić information content (AvgIpc) is 3.16. The number of aromatic hydroxyl groups is 1. The van der Waals surface area contributed by atoms with Gasteiger partial charge in [0, 0.05) is 23.6 Å². The molecule has 0 saturated heterocycles. The maximum Gasteiger partial charge on any atom is 0.271 e. The number of hydrogen-bond donors (Lipinski definition) is 2. The van der Waals surface area contributed by atoms with Gasteiger partial charge >= 0.3 is 0 Å². The molecule has 1 aromatic rings. The minimum Gasteiger partial charge on any atom is -0.506 e. The Balaban J connectivity index is 1.69. The van der Waals surface area contributed by atoms with Crippen LogP contribution in [0.2, 0.25) is 0 Å². The normalized spacial score (nSPS) is 28.4. The van der Waals surface area contributed by atoms with E-state index >= 15 is 0 Å². The lowest BCUT2D eigenvalue weighted by molar-refractivity contribution is -0.385. The maximum absolute atomic E-state index is 12.3. The number of halogens is 1. The largest absolute Gasteiger partial charge is 0.506 e. The molecule has 0 heterocycles. The molecule has 2 aliphatic rings. The van der Waals surface area contributed by atoms with E-state index in [-0.39, 0.29) is 38.7 Å². The van der Waals surface area contributed by atoms with E-state index < -0.39 is 4.92 Å². The van der Waals surface area contributed by atoms with Gasteiger partial charge in [-0.25, -0.2) is 5.43 Å². The Hall–Kier alpha value is -1.96. The lowest BCUT2D eigenvalue weighted by atomic mass is 9.90. The van der Waals surface area contributed by atoms with Gasteiger partial charge in [0.1, 0.15) is 5.75 Å². The summed E-state index contributed by atoms with van der Waals surface area (Å²) in [6.45, 7) is 2.15. The molecule has 0 bridgehead atoms. The van der Waals surface area contributed by atoms with Crippen LogP contribution >= 0.6 is 15.9 Å². The second kappa shape index (κ2) is 6.16. The fraction of sp³-hybridized carbons (Fsp3) is 0.500. The van der Waals surface area contributed by atoms with E-state index in [4.69, 9.17) is 0 Å². The number of nitrogens with zero attached hydrogens (tertiary/aromatic N) is 2. The van der Waals surface area contributed by atoms with Crippen LogP contribution in [0.25, 0.3) is 0 Å². The Morgan fingerprint density at radius 1 is 1.54 bits per heavy atom. The van der Waals surface area contributed by atoms with Gasteiger partial charge in [0.15, 0.2) is 0 Å². The second-order valence-corrected chi connectivity index (χ2v) is 7.55. The first-order valence-corrected chi connectivity index (χ1v) is 8.63. The highest BCUT2D eigenvalue weighted by molar-refractivity contribution is 9.10. The first-order chi connectivity index (χ1) is 11.3. The van der Waals surface area contributed by atoms with Crippen LogP contribution in [0.3, 0.4) is 0 Å². The molecule has 0 radical (unpaired) electrons. The topological polar surface area (TPSA) is 105 Å². The monoisotopic (exact) mass is 395 g/mol. The third kappa shape index (κ3) is 2.90. The number of non-ortho nitro benzene ring substituents is 1. The molecule has 2 fully saturated rings. The number of fused-ring (bicyclic) bond motifs is 1. The summed E-state index contributed by atoms with van der Waals surface area (Å²) in [5.74, 6) is 0.139. The highest BCUT2D eigenvalue weighted by Crippen LogP contribution is 2.66. The van der Waals surface area contributed by atoms with Crippen LogP contribution in [0.4, 0.5) is 5.69 Å². The number of amides is 1. The molecule has 0 aliphatic heterocycles. The first-order valence-electron chi connectivity index (χ1n) is 7.84. The zero-order valence-electron chi connectivity index (χ0n) is 13.2. The number of nitro benzene ring substituents is 1. The minimum atomic E-state index is -0.560. The minimum absolute atomic E-state index is 0.0115. The summed E-state index contributed by atoms with van der Waals surface area (Å²) in [6.07, 6.45) is 5.70. The Bertz CT molecular complexity index is 736. The van der Waals surface area contributed by atoms with Crippen molar-refractivity contribution in [2.45, 2.75) is 32.6 Å². The van der Waals surface area contributed by atoms with Crippen LogP contribution < -0.4 is 5.43 Å². The molecule has 2 N–H and O–H groups in total. The van der Waals surface area contributed by atoms with Crippen LogP contribution in [0.15, 0.2) is 21.7 Å². The van der Waals surface area contributed by atoms with Gasteiger partial charge in [-0.05, 0) is 40.1 Å². The van der Waals surface area contributed by atoms with Crippen LogP contribution in [0.5, 0.6) is 5.75 Å². The van der Waals surface area contributed by atoms with Crippen molar-refractivity contribution < 1.29 is 14.8 Å². The molecule has 1 aromatic carbocycles. The Labute approximate surface area is 147 Å². The molecule has 2 aliphatic carbocycles. The van der Waals surface area contributed by atoms with Gasteiger partial charge in [-0.1, -0.05) is 19.8 Å². The zero-order valence-corrected chi connectivity index (χ0v) is 14.7. The summed E-state index contributed by atoms with van der Waals surface area (Å²) in [5, 5.41) is 24.7. The zero-order chi connectivity index (χ0) is 17.5. The van der Waals surface area contributed by atoms with Crippen molar-refractivity contribution in [3.05, 3.63) is 32.3 Å². The van der Waals surface area contributed by atoms with E-state index in [1.807, 2.05) is 0 Å². The van der Waals surface area contributed by atoms with Gasteiger partial charge in [0.05, 0.1) is 15.6 Å². The third-order valence-electron chi connectivity index (χ3n) is 5.28. The summed E-state index contributed by atoms with van der Waals surface area (Å²) in [5.41, 5.74) is 2.59. The highest BCUT2D eigenvalue weighted by atomic mass is 79.9. The van der Waals surface area contributed by atoms with E-state index in [2.05, 4.69) is 33.4 Å². The molecule has 128 valence electrons. The smallest absolute Gasteiger partial charge is 0.271 e. The predicted octanol–water partition coefficient (Wildman–Crippen LogP) is 3.34. The van der Waals surface area contributed by atoms with Crippen molar-refractivity contribution in [1.82, 2.24) is 5.43 Å². The van der Waals surface area contributed by atoms with Crippen molar-refractivity contribution in [3.63, 3.8) is 0 Å². The van der Waals surface area contributed by atoms with Gasteiger partial charge < -0.3 is 5.11 Å². The van der Waals surface area contributed by atoms with Gasteiger partial charge in [-0.3, -0.25) is 14.9 Å². The average molecular weight is 396 g/mol. The number of nitro groups is 1. The van der Waals surface area contributed by atoms with E-state index in [9.17, 15) is 20.0 Å². The standard InChI is InChI=1S/C16H18BrN3O4/c1-16-5-3-2-4-11(16)13(16)15(22)19-18-8-9-6-10(20(23)24)7-12(17)14(9)21/h6-8,11,13,21H,2-5H2,1H3,(H,19,22)/b18-8-/t11-,13-,16+/m1/s1. The van der Waals surface area contributed by atoms with Crippen LogP contribution in [0, 0.1) is 27.4 Å². The van der Waals surface area contributed by atoms with Crippen LogP contribution in [-0.2, 0) is 4.79 Å². The van der Waals surface area contributed by atoms with Gasteiger partial charge in [-0.15, -0.1) is 0 Å². The fourth-order valence-electron chi connectivity index (χ4n) is 3.89. The third-order valence-corrected chi connectivity index (χ3v) is 5.89. The van der Waals surface area contributed by atoms with E-state index in [1.54, 1.807) is 0 Å². The lowest BCUT2D eigenvalue weighted by Gasteiger charge is -2.15. The summed E-state index contributed by atoms with van der Waals surface area (Å²) < 4.78 is 0.199. The first kappa shape index (κ1) is 16.9. The lowest BCUT2D eigenvalue weighted by Crippen LogP contribution is -2.22. The number of carbonyl (C=O) groups is 1. The van der Waals surface area contributed by atoms with Gasteiger partial charge in [0.25, 0.3) is 5.69 Å².